The van der Waals surface area contributed by atoms with Crippen LogP contribution >= 0.6 is 11.6 Å². The second-order valence-corrected chi connectivity index (χ2v) is 7.05. The Morgan fingerprint density at radius 2 is 1.80 bits per heavy atom. The van der Waals surface area contributed by atoms with Crippen molar-refractivity contribution in [2.75, 3.05) is 0 Å². The van der Waals surface area contributed by atoms with Crippen LogP contribution in [0.1, 0.15) is 29.7 Å². The third-order valence-electron chi connectivity index (χ3n) is 5.15. The summed E-state index contributed by atoms with van der Waals surface area (Å²) in [5, 5.41) is 8.19. The highest BCUT2D eigenvalue weighted by Crippen LogP contribution is 2.51. The summed E-state index contributed by atoms with van der Waals surface area (Å²) in [6.45, 7) is 1.97. The third kappa shape index (κ3) is 2.56. The summed E-state index contributed by atoms with van der Waals surface area (Å²) >= 11 is 6.30. The van der Waals surface area contributed by atoms with Gasteiger partial charge in [0, 0.05) is 16.7 Å². The lowest BCUT2D eigenvalue weighted by molar-refractivity contribution is 0.120. The van der Waals surface area contributed by atoms with Gasteiger partial charge in [-0.2, -0.15) is 5.10 Å². The number of rotatable bonds is 3. The van der Waals surface area contributed by atoms with E-state index in [1.165, 1.54) is 12.1 Å². The Labute approximate surface area is 149 Å². The van der Waals surface area contributed by atoms with Crippen molar-refractivity contribution in [2.24, 2.45) is 0 Å². The van der Waals surface area contributed by atoms with Crippen LogP contribution in [-0.4, -0.2) is 16.4 Å². The average Bonchev–Trinajstić information content (AvgIpc) is 2.95. The van der Waals surface area contributed by atoms with Crippen LogP contribution in [0.15, 0.2) is 48.5 Å². The molecule has 1 saturated carbocycles. The Hall–Kier alpha value is -2.20. The van der Waals surface area contributed by atoms with Crippen molar-refractivity contribution in [3.8, 4) is 11.3 Å². The highest BCUT2D eigenvalue weighted by molar-refractivity contribution is 6.33. The average molecular weight is 359 g/mol. The predicted molar refractivity (Wildman–Crippen MR) is 95.1 cm³/mol. The molecular formula is C20H17ClF2N2. The number of benzene rings is 2. The van der Waals surface area contributed by atoms with Crippen molar-refractivity contribution in [1.82, 2.24) is 10.2 Å². The van der Waals surface area contributed by atoms with Gasteiger partial charge in [0.2, 0.25) is 0 Å². The van der Waals surface area contributed by atoms with E-state index >= 15 is 0 Å². The molecule has 1 aromatic heterocycles. The van der Waals surface area contributed by atoms with Gasteiger partial charge in [-0.25, -0.2) is 8.78 Å². The number of halogens is 3. The number of hydrogen-bond donors (Lipinski definition) is 1. The van der Waals surface area contributed by atoms with E-state index in [1.807, 2.05) is 31.2 Å². The number of nitrogens with zero attached hydrogens (tertiary/aromatic N) is 1. The van der Waals surface area contributed by atoms with Crippen molar-refractivity contribution in [1.29, 1.82) is 0 Å². The quantitative estimate of drug-likeness (QED) is 0.649. The minimum Gasteiger partial charge on any atom is -0.281 e. The lowest BCUT2D eigenvalue weighted by Gasteiger charge is -2.44. The number of hydrogen-bond acceptors (Lipinski definition) is 1. The van der Waals surface area contributed by atoms with E-state index in [-0.39, 0.29) is 5.82 Å². The first-order chi connectivity index (χ1) is 12.0. The van der Waals surface area contributed by atoms with E-state index in [9.17, 15) is 8.78 Å². The molecule has 3 aromatic rings. The van der Waals surface area contributed by atoms with Crippen molar-refractivity contribution in [3.63, 3.8) is 0 Å². The summed E-state index contributed by atoms with van der Waals surface area (Å²) in [4.78, 5) is 0. The van der Waals surface area contributed by atoms with E-state index in [0.29, 0.717) is 17.9 Å². The molecule has 128 valence electrons. The van der Waals surface area contributed by atoms with E-state index in [2.05, 4.69) is 10.2 Å². The van der Waals surface area contributed by atoms with Crippen LogP contribution < -0.4 is 0 Å². The number of nitrogens with one attached hydrogen (secondary N) is 1. The smallest absolute Gasteiger partial charge is 0.123 e. The first-order valence-corrected chi connectivity index (χ1v) is 8.59. The number of alkyl halides is 1. The Bertz CT molecular complexity index is 912. The Morgan fingerprint density at radius 3 is 2.44 bits per heavy atom. The predicted octanol–water partition coefficient (Wildman–Crippen LogP) is 5.60. The van der Waals surface area contributed by atoms with Crippen molar-refractivity contribution < 1.29 is 8.78 Å². The van der Waals surface area contributed by atoms with E-state index < -0.39 is 11.6 Å². The topological polar surface area (TPSA) is 28.7 Å². The molecule has 1 N–H and O–H groups in total. The van der Waals surface area contributed by atoms with Gasteiger partial charge in [0.15, 0.2) is 0 Å². The molecule has 0 atom stereocenters. The van der Waals surface area contributed by atoms with Gasteiger partial charge >= 0.3 is 0 Å². The second kappa shape index (κ2) is 5.95. The number of aromatic amines is 1. The molecule has 0 amide bonds. The van der Waals surface area contributed by atoms with Gasteiger partial charge < -0.3 is 0 Å². The minimum absolute atomic E-state index is 0.298. The van der Waals surface area contributed by atoms with Crippen LogP contribution in [0.25, 0.3) is 11.3 Å². The van der Waals surface area contributed by atoms with E-state index in [4.69, 9.17) is 11.6 Å². The molecule has 0 bridgehead atoms. The van der Waals surface area contributed by atoms with Crippen molar-refractivity contribution in [3.05, 3.63) is 76.2 Å². The summed E-state index contributed by atoms with van der Waals surface area (Å²) in [5.41, 5.74) is 3.84. The van der Waals surface area contributed by atoms with Gasteiger partial charge in [-0.3, -0.25) is 5.10 Å². The van der Waals surface area contributed by atoms with E-state index in [0.717, 1.165) is 28.1 Å². The van der Waals surface area contributed by atoms with Crippen LogP contribution in [0.2, 0.25) is 5.02 Å². The van der Waals surface area contributed by atoms with Crippen LogP contribution in [0.5, 0.6) is 0 Å². The zero-order valence-electron chi connectivity index (χ0n) is 13.7. The van der Waals surface area contributed by atoms with Gasteiger partial charge in [-0.1, -0.05) is 41.9 Å². The Balaban J connectivity index is 1.83. The molecule has 0 saturated heterocycles. The van der Waals surface area contributed by atoms with Crippen LogP contribution in [0.3, 0.4) is 0 Å². The van der Waals surface area contributed by atoms with Crippen LogP contribution in [0.4, 0.5) is 8.78 Å². The Morgan fingerprint density at radius 1 is 1.12 bits per heavy atom. The lowest BCUT2D eigenvalue weighted by atomic mass is 9.60. The summed E-state index contributed by atoms with van der Waals surface area (Å²) in [6.07, 6.45) is -0.135. The monoisotopic (exact) mass is 358 g/mol. The van der Waals surface area contributed by atoms with Gasteiger partial charge in [0.05, 0.1) is 10.7 Å². The molecule has 0 spiro atoms. The standard InChI is InChI=1S/C20H17ClF2N2/c1-12-18(16-4-2-3-5-17(16)21)24-25-19(12)20(10-15(23)11-20)13-6-8-14(22)9-7-13/h2-9,15H,10-11H2,1H3,(H,24,25). The number of H-pyrrole nitrogens is 1. The molecule has 5 heteroatoms. The highest BCUT2D eigenvalue weighted by atomic mass is 35.5. The normalized spacial score (nSPS) is 22.6. The molecule has 1 fully saturated rings. The Kier molecular flexibility index (Phi) is 3.88. The molecule has 2 nitrogen and oxygen atoms in total. The molecule has 0 aliphatic heterocycles. The fourth-order valence-corrected chi connectivity index (χ4v) is 4.05. The molecule has 1 heterocycles. The summed E-state index contributed by atoms with van der Waals surface area (Å²) in [5.74, 6) is -0.298. The molecule has 2 aromatic carbocycles. The third-order valence-corrected chi connectivity index (χ3v) is 5.48. The lowest BCUT2D eigenvalue weighted by Crippen LogP contribution is -2.44. The summed E-state index contributed by atoms with van der Waals surface area (Å²) in [6, 6.07) is 13.8. The van der Waals surface area contributed by atoms with Crippen molar-refractivity contribution in [2.45, 2.75) is 31.4 Å². The maximum Gasteiger partial charge on any atom is 0.123 e. The highest BCUT2D eigenvalue weighted by Gasteiger charge is 2.49. The molecule has 25 heavy (non-hydrogen) atoms. The molecule has 4 rings (SSSR count). The van der Waals surface area contributed by atoms with Crippen molar-refractivity contribution >= 4 is 11.6 Å². The zero-order valence-corrected chi connectivity index (χ0v) is 14.4. The molecule has 0 radical (unpaired) electrons. The largest absolute Gasteiger partial charge is 0.281 e. The molecule has 0 unspecified atom stereocenters. The molecular weight excluding hydrogens is 342 g/mol. The second-order valence-electron chi connectivity index (χ2n) is 6.65. The van der Waals surface area contributed by atoms with Gasteiger partial charge in [-0.05, 0) is 49.1 Å². The van der Waals surface area contributed by atoms with Gasteiger partial charge in [-0.15, -0.1) is 0 Å². The fraction of sp³-hybridized carbons (Fsp3) is 0.250. The summed E-state index contributed by atoms with van der Waals surface area (Å²) < 4.78 is 27.2. The van der Waals surface area contributed by atoms with Gasteiger partial charge in [0.25, 0.3) is 0 Å². The maximum absolute atomic E-state index is 13.9. The van der Waals surface area contributed by atoms with Crippen LogP contribution in [0, 0.1) is 12.7 Å². The first kappa shape index (κ1) is 16.3. The molecule has 1 aliphatic carbocycles. The van der Waals surface area contributed by atoms with Gasteiger partial charge in [0.1, 0.15) is 12.0 Å². The number of aromatic nitrogens is 2. The van der Waals surface area contributed by atoms with E-state index in [1.54, 1.807) is 12.1 Å². The fourth-order valence-electron chi connectivity index (χ4n) is 3.83. The SMILES string of the molecule is Cc1c(-c2ccccc2Cl)n[nH]c1C1(c2ccc(F)cc2)CC(F)C1. The van der Waals surface area contributed by atoms with Crippen LogP contribution in [-0.2, 0) is 5.41 Å². The zero-order chi connectivity index (χ0) is 17.6. The first-order valence-electron chi connectivity index (χ1n) is 8.22. The maximum atomic E-state index is 13.9. The molecule has 1 aliphatic rings. The minimum atomic E-state index is -0.864. The summed E-state index contributed by atoms with van der Waals surface area (Å²) in [7, 11) is 0.